The molecule has 3 heterocycles. The topological polar surface area (TPSA) is 90.4 Å². The number of rotatable bonds is 8. The second-order valence-electron chi connectivity index (χ2n) is 10.9. The average molecular weight is 488 g/mol. The second kappa shape index (κ2) is 10.2. The van der Waals surface area contributed by atoms with Crippen molar-refractivity contribution in [3.63, 3.8) is 0 Å². The zero-order chi connectivity index (χ0) is 24.5. The van der Waals surface area contributed by atoms with Crippen molar-refractivity contribution in [3.8, 4) is 0 Å². The number of amides is 3. The molecule has 1 atom stereocenters. The molecule has 3 amide bonds. The first kappa shape index (κ1) is 24.9. The Morgan fingerprint density at radius 1 is 1.09 bits per heavy atom. The largest absolute Gasteiger partial charge is 0.396 e. The third-order valence-electron chi connectivity index (χ3n) is 7.24. The van der Waals surface area contributed by atoms with Crippen LogP contribution >= 0.6 is 0 Å². The Hall–Kier alpha value is -2.23. The molecule has 8 nitrogen and oxygen atoms in total. The highest BCUT2D eigenvalue weighted by molar-refractivity contribution is 6.76. The van der Waals surface area contributed by atoms with Gasteiger partial charge >= 0.3 is 0 Å². The van der Waals surface area contributed by atoms with Gasteiger partial charge in [0.2, 0.25) is 5.91 Å². The molecule has 186 valence electrons. The van der Waals surface area contributed by atoms with Crippen molar-refractivity contribution in [1.29, 1.82) is 0 Å². The number of aliphatic hydroxyl groups is 1. The van der Waals surface area contributed by atoms with Crippen LogP contribution in [0.15, 0.2) is 18.2 Å². The number of nitrogens with zero attached hydrogens (tertiary/aromatic N) is 3. The molecule has 1 aromatic carbocycles. The summed E-state index contributed by atoms with van der Waals surface area (Å²) in [6, 6.07) is 6.22. The van der Waals surface area contributed by atoms with Crippen LogP contribution in [0.5, 0.6) is 0 Å². The van der Waals surface area contributed by atoms with E-state index in [2.05, 4.69) is 30.6 Å². The van der Waals surface area contributed by atoms with Gasteiger partial charge in [0, 0.05) is 58.6 Å². The fourth-order valence-electron chi connectivity index (χ4n) is 4.93. The summed E-state index contributed by atoms with van der Waals surface area (Å²) in [6.07, 6.45) is 2.50. The molecule has 0 bridgehead atoms. The molecule has 1 aromatic rings. The van der Waals surface area contributed by atoms with Gasteiger partial charge in [-0.25, -0.2) is 0 Å². The highest BCUT2D eigenvalue weighted by atomic mass is 28.3. The fraction of sp³-hybridized carbons (Fsp3) is 0.640. The van der Waals surface area contributed by atoms with Crippen molar-refractivity contribution < 1.29 is 24.2 Å². The Morgan fingerprint density at radius 2 is 1.82 bits per heavy atom. The number of likely N-dealkylation sites (tertiary alicyclic amines) is 1. The molecule has 0 radical (unpaired) electrons. The average Bonchev–Trinajstić information content (AvgIpc) is 3.13. The van der Waals surface area contributed by atoms with E-state index in [0.717, 1.165) is 43.2 Å². The summed E-state index contributed by atoms with van der Waals surface area (Å²) in [6.45, 7) is 9.64. The maximum atomic E-state index is 13.2. The number of fused-ring (bicyclic) bond motifs is 1. The SMILES string of the molecule is C[Si](C)(C)CCOCN1C(=O)CCC(N2Cc3cc(N4CCC(CO)CC4)ccc3C2=O)C1=O. The van der Waals surface area contributed by atoms with Crippen molar-refractivity contribution in [2.24, 2.45) is 5.92 Å². The minimum Gasteiger partial charge on any atom is -0.396 e. The molecule has 9 heteroatoms. The van der Waals surface area contributed by atoms with Crippen molar-refractivity contribution in [1.82, 2.24) is 9.80 Å². The van der Waals surface area contributed by atoms with Crippen LogP contribution < -0.4 is 4.90 Å². The minimum absolute atomic E-state index is 0.0401. The van der Waals surface area contributed by atoms with Gasteiger partial charge in [0.15, 0.2) is 0 Å². The van der Waals surface area contributed by atoms with Gasteiger partial charge in [-0.1, -0.05) is 19.6 Å². The molecule has 0 saturated carbocycles. The van der Waals surface area contributed by atoms with Crippen molar-refractivity contribution in [3.05, 3.63) is 29.3 Å². The molecule has 1 N–H and O–H groups in total. The van der Waals surface area contributed by atoms with Gasteiger partial charge in [0.1, 0.15) is 12.8 Å². The number of hydrogen-bond donors (Lipinski definition) is 1. The van der Waals surface area contributed by atoms with Gasteiger partial charge in [-0.2, -0.15) is 0 Å². The number of imide groups is 1. The minimum atomic E-state index is -1.26. The monoisotopic (exact) mass is 487 g/mol. The van der Waals surface area contributed by atoms with Crippen molar-refractivity contribution >= 4 is 31.5 Å². The van der Waals surface area contributed by atoms with Crippen LogP contribution in [0.4, 0.5) is 5.69 Å². The third-order valence-corrected chi connectivity index (χ3v) is 8.94. The standard InChI is InChI=1S/C25H37N3O5Si/c1-34(2,3)13-12-33-17-28-23(30)7-6-22(25(28)32)27-15-19-14-20(4-5-21(19)24(27)31)26-10-8-18(16-29)9-11-26/h4-5,14,18,22,29H,6-13,15-17H2,1-3H3. The summed E-state index contributed by atoms with van der Waals surface area (Å²) in [4.78, 5) is 43.9. The van der Waals surface area contributed by atoms with E-state index in [0.29, 0.717) is 31.1 Å². The molecule has 0 aliphatic carbocycles. The first-order valence-electron chi connectivity index (χ1n) is 12.4. The summed E-state index contributed by atoms with van der Waals surface area (Å²) < 4.78 is 5.68. The molecule has 2 fully saturated rings. The Kier molecular flexibility index (Phi) is 7.44. The number of anilines is 1. The fourth-order valence-corrected chi connectivity index (χ4v) is 5.69. The van der Waals surface area contributed by atoms with Crippen LogP contribution in [0.1, 0.15) is 41.6 Å². The van der Waals surface area contributed by atoms with E-state index in [-0.39, 0.29) is 37.5 Å². The molecule has 0 spiro atoms. The summed E-state index contributed by atoms with van der Waals surface area (Å²) in [5.74, 6) is -0.346. The van der Waals surface area contributed by atoms with Gasteiger partial charge in [0.05, 0.1) is 0 Å². The lowest BCUT2D eigenvalue weighted by Gasteiger charge is -2.35. The van der Waals surface area contributed by atoms with Crippen LogP contribution in [-0.4, -0.2) is 79.8 Å². The lowest BCUT2D eigenvalue weighted by Crippen LogP contribution is -2.55. The molecule has 34 heavy (non-hydrogen) atoms. The smallest absolute Gasteiger partial charge is 0.255 e. The molecule has 4 rings (SSSR count). The van der Waals surface area contributed by atoms with E-state index < -0.39 is 14.1 Å². The van der Waals surface area contributed by atoms with E-state index in [1.807, 2.05) is 12.1 Å². The summed E-state index contributed by atoms with van der Waals surface area (Å²) in [5, 5.41) is 9.39. The molecule has 1 unspecified atom stereocenters. The first-order chi connectivity index (χ1) is 16.2. The van der Waals surface area contributed by atoms with E-state index in [1.165, 1.54) is 4.90 Å². The van der Waals surface area contributed by atoms with E-state index in [9.17, 15) is 19.5 Å². The van der Waals surface area contributed by atoms with Gasteiger partial charge in [-0.3, -0.25) is 19.3 Å². The Labute approximate surface area is 202 Å². The van der Waals surface area contributed by atoms with Gasteiger partial charge in [-0.15, -0.1) is 0 Å². The summed E-state index contributed by atoms with van der Waals surface area (Å²) >= 11 is 0. The van der Waals surface area contributed by atoms with E-state index in [4.69, 9.17) is 4.74 Å². The lowest BCUT2D eigenvalue weighted by atomic mass is 9.97. The Morgan fingerprint density at radius 3 is 2.50 bits per heavy atom. The molecule has 2 saturated heterocycles. The predicted molar refractivity (Wildman–Crippen MR) is 132 cm³/mol. The first-order valence-corrected chi connectivity index (χ1v) is 16.1. The zero-order valence-electron chi connectivity index (χ0n) is 20.6. The third kappa shape index (κ3) is 5.36. The maximum absolute atomic E-state index is 13.2. The number of piperidine rings is 2. The normalized spacial score (nSPS) is 22.1. The number of ether oxygens (including phenoxy) is 1. The Balaban J connectivity index is 1.40. The second-order valence-corrected chi connectivity index (χ2v) is 16.6. The van der Waals surface area contributed by atoms with Gasteiger partial charge < -0.3 is 19.6 Å². The molecule has 3 aliphatic heterocycles. The van der Waals surface area contributed by atoms with Crippen molar-refractivity contribution in [2.45, 2.75) is 64.0 Å². The van der Waals surface area contributed by atoms with Crippen molar-refractivity contribution in [2.75, 3.05) is 37.9 Å². The van der Waals surface area contributed by atoms with Crippen LogP contribution in [0, 0.1) is 5.92 Å². The maximum Gasteiger partial charge on any atom is 0.255 e. The molecule has 3 aliphatic rings. The van der Waals surface area contributed by atoms with Crippen LogP contribution in [0.3, 0.4) is 0 Å². The quantitative estimate of drug-likeness (QED) is 0.344. The van der Waals surface area contributed by atoms with Crippen LogP contribution in [0.2, 0.25) is 25.7 Å². The van der Waals surface area contributed by atoms with E-state index in [1.54, 1.807) is 4.90 Å². The highest BCUT2D eigenvalue weighted by Gasteiger charge is 2.42. The Bertz CT molecular complexity index is 939. The predicted octanol–water partition coefficient (Wildman–Crippen LogP) is 2.68. The van der Waals surface area contributed by atoms with Crippen LogP contribution in [-0.2, 0) is 20.9 Å². The van der Waals surface area contributed by atoms with Crippen LogP contribution in [0.25, 0.3) is 0 Å². The number of aliphatic hydroxyl groups excluding tert-OH is 1. The van der Waals surface area contributed by atoms with Gasteiger partial charge in [-0.05, 0) is 55.0 Å². The van der Waals surface area contributed by atoms with Gasteiger partial charge in [0.25, 0.3) is 11.8 Å². The molecular weight excluding hydrogens is 450 g/mol. The van der Waals surface area contributed by atoms with E-state index >= 15 is 0 Å². The summed E-state index contributed by atoms with van der Waals surface area (Å²) in [5.41, 5.74) is 2.64. The molecular formula is C25H37N3O5Si. The number of carbonyl (C=O) groups is 3. The number of hydrogen-bond acceptors (Lipinski definition) is 6. The summed E-state index contributed by atoms with van der Waals surface area (Å²) in [7, 11) is -1.26. The number of benzene rings is 1. The lowest BCUT2D eigenvalue weighted by molar-refractivity contribution is -0.158. The highest BCUT2D eigenvalue weighted by Crippen LogP contribution is 2.33. The zero-order valence-corrected chi connectivity index (χ0v) is 21.6. The number of carbonyl (C=O) groups excluding carboxylic acids is 3. The molecule has 0 aromatic heterocycles.